The molecule has 1 rings (SSSR count). The first-order valence-electron chi connectivity index (χ1n) is 8.32. The number of nitrogens with one attached hydrogen (secondary N) is 2. The molecule has 6 nitrogen and oxygen atoms in total. The van der Waals surface area contributed by atoms with Gasteiger partial charge in [0.2, 0.25) is 5.91 Å². The van der Waals surface area contributed by atoms with Gasteiger partial charge in [-0.2, -0.15) is 13.2 Å². The smallest absolute Gasteiger partial charge is 0.372 e. The van der Waals surface area contributed by atoms with Crippen LogP contribution in [0.3, 0.4) is 0 Å². The molecule has 0 aromatic rings. The van der Waals surface area contributed by atoms with E-state index in [1.54, 1.807) is 0 Å². The van der Waals surface area contributed by atoms with Crippen LogP contribution in [0.15, 0.2) is 4.99 Å². The summed E-state index contributed by atoms with van der Waals surface area (Å²) < 4.78 is 40.3. The summed E-state index contributed by atoms with van der Waals surface area (Å²) in [6.45, 7) is 5.00. The minimum absolute atomic E-state index is 0. The van der Waals surface area contributed by atoms with E-state index in [-0.39, 0.29) is 42.5 Å². The van der Waals surface area contributed by atoms with Gasteiger partial charge in [-0.05, 0) is 19.8 Å². The van der Waals surface area contributed by atoms with Gasteiger partial charge in [0, 0.05) is 45.2 Å². The maximum absolute atomic E-state index is 11.9. The predicted octanol–water partition coefficient (Wildman–Crippen LogP) is 2.14. The fourth-order valence-electron chi connectivity index (χ4n) is 2.39. The van der Waals surface area contributed by atoms with Gasteiger partial charge in [0.05, 0.1) is 0 Å². The van der Waals surface area contributed by atoms with Crippen molar-refractivity contribution < 1.29 is 22.7 Å². The second-order valence-electron chi connectivity index (χ2n) is 5.61. The van der Waals surface area contributed by atoms with E-state index in [1.807, 2.05) is 18.7 Å². The van der Waals surface area contributed by atoms with Gasteiger partial charge in [-0.3, -0.25) is 9.79 Å². The number of likely N-dealkylation sites (tertiary alicyclic amines) is 1. The van der Waals surface area contributed by atoms with Crippen LogP contribution in [-0.2, 0) is 9.53 Å². The summed E-state index contributed by atoms with van der Waals surface area (Å²) in [5.74, 6) is 0.757. The summed E-state index contributed by atoms with van der Waals surface area (Å²) >= 11 is 0. The van der Waals surface area contributed by atoms with Gasteiger partial charge in [0.1, 0.15) is 6.61 Å². The summed E-state index contributed by atoms with van der Waals surface area (Å²) in [6, 6.07) is 0.139. The van der Waals surface area contributed by atoms with E-state index in [0.717, 1.165) is 13.0 Å². The van der Waals surface area contributed by atoms with Gasteiger partial charge in [-0.25, -0.2) is 0 Å². The van der Waals surface area contributed by atoms with Crippen LogP contribution in [0.1, 0.15) is 33.1 Å². The van der Waals surface area contributed by atoms with Gasteiger partial charge in [-0.1, -0.05) is 6.92 Å². The topological polar surface area (TPSA) is 66.0 Å². The number of carbonyl (C=O) groups is 1. The quantitative estimate of drug-likeness (QED) is 0.242. The number of carbonyl (C=O) groups excluding carboxylic acids is 1. The molecule has 1 heterocycles. The Kier molecular flexibility index (Phi) is 12.2. The van der Waals surface area contributed by atoms with Crippen molar-refractivity contribution in [2.24, 2.45) is 4.99 Å². The van der Waals surface area contributed by atoms with E-state index in [2.05, 4.69) is 20.4 Å². The molecule has 1 aliphatic rings. The van der Waals surface area contributed by atoms with E-state index in [9.17, 15) is 18.0 Å². The zero-order valence-electron chi connectivity index (χ0n) is 14.7. The number of hydrogen-bond donors (Lipinski definition) is 2. The Labute approximate surface area is 164 Å². The van der Waals surface area contributed by atoms with E-state index in [1.165, 1.54) is 0 Å². The average molecular weight is 480 g/mol. The molecule has 10 heteroatoms. The number of hydrogen-bond acceptors (Lipinski definition) is 3. The lowest BCUT2D eigenvalue weighted by Crippen LogP contribution is -2.45. The Bertz CT molecular complexity index is 422. The largest absolute Gasteiger partial charge is 0.411 e. The second kappa shape index (κ2) is 12.6. The van der Waals surface area contributed by atoms with Crippen molar-refractivity contribution in [2.75, 3.05) is 39.4 Å². The Morgan fingerprint density at radius 2 is 2.08 bits per heavy atom. The molecular weight excluding hydrogens is 452 g/mol. The predicted molar refractivity (Wildman–Crippen MR) is 101 cm³/mol. The molecule has 1 saturated heterocycles. The van der Waals surface area contributed by atoms with Crippen molar-refractivity contribution in [3.63, 3.8) is 0 Å². The van der Waals surface area contributed by atoms with Crippen molar-refractivity contribution in [2.45, 2.75) is 45.3 Å². The number of ether oxygens (including phenoxy) is 1. The number of rotatable bonds is 8. The Hall–Kier alpha value is -0.780. The Morgan fingerprint density at radius 3 is 2.68 bits per heavy atom. The summed E-state index contributed by atoms with van der Waals surface area (Å²) in [6.07, 6.45) is -2.52. The van der Waals surface area contributed by atoms with Crippen LogP contribution in [0.4, 0.5) is 13.2 Å². The lowest BCUT2D eigenvalue weighted by Gasteiger charge is -2.18. The van der Waals surface area contributed by atoms with Gasteiger partial charge >= 0.3 is 6.18 Å². The molecule has 1 amide bonds. The highest BCUT2D eigenvalue weighted by Gasteiger charge is 2.27. The third kappa shape index (κ3) is 10.7. The highest BCUT2D eigenvalue weighted by molar-refractivity contribution is 14.0. The molecule has 0 spiro atoms. The molecule has 25 heavy (non-hydrogen) atoms. The van der Waals surface area contributed by atoms with Crippen molar-refractivity contribution in [3.05, 3.63) is 0 Å². The van der Waals surface area contributed by atoms with Gasteiger partial charge in [0.25, 0.3) is 0 Å². The molecule has 0 saturated carbocycles. The van der Waals surface area contributed by atoms with Crippen LogP contribution in [0.5, 0.6) is 0 Å². The van der Waals surface area contributed by atoms with E-state index in [4.69, 9.17) is 0 Å². The lowest BCUT2D eigenvalue weighted by atomic mass is 10.3. The molecule has 0 aliphatic carbocycles. The van der Waals surface area contributed by atoms with Gasteiger partial charge in [0.15, 0.2) is 5.96 Å². The normalized spacial score (nSPS) is 18.0. The molecular formula is C15H28F3IN4O2. The Balaban J connectivity index is 0.00000576. The monoisotopic (exact) mass is 480 g/mol. The van der Waals surface area contributed by atoms with Crippen molar-refractivity contribution in [1.82, 2.24) is 15.5 Å². The van der Waals surface area contributed by atoms with Gasteiger partial charge < -0.3 is 20.3 Å². The summed E-state index contributed by atoms with van der Waals surface area (Å²) in [5, 5.41) is 6.36. The number of halogens is 4. The summed E-state index contributed by atoms with van der Waals surface area (Å²) in [5.41, 5.74) is 0. The molecule has 1 atom stereocenters. The van der Waals surface area contributed by atoms with Crippen LogP contribution in [0, 0.1) is 0 Å². The molecule has 2 N–H and O–H groups in total. The van der Waals surface area contributed by atoms with Gasteiger partial charge in [-0.15, -0.1) is 24.0 Å². The molecule has 0 bridgehead atoms. The lowest BCUT2D eigenvalue weighted by molar-refractivity contribution is -0.173. The third-order valence-electron chi connectivity index (χ3n) is 3.51. The van der Waals surface area contributed by atoms with Crippen molar-refractivity contribution >= 4 is 35.8 Å². The Morgan fingerprint density at radius 1 is 1.36 bits per heavy atom. The van der Waals surface area contributed by atoms with Crippen LogP contribution in [0.2, 0.25) is 0 Å². The molecule has 0 aromatic heterocycles. The second-order valence-corrected chi connectivity index (χ2v) is 5.61. The SMILES string of the molecule is CCNC(=NCCCOCC(F)(F)F)NC1CCN(C(=O)CC)C1.I. The number of nitrogens with zero attached hydrogens (tertiary/aromatic N) is 2. The fourth-order valence-corrected chi connectivity index (χ4v) is 2.39. The summed E-state index contributed by atoms with van der Waals surface area (Å²) in [7, 11) is 0. The zero-order chi connectivity index (χ0) is 18.0. The van der Waals surface area contributed by atoms with Crippen LogP contribution in [0.25, 0.3) is 0 Å². The zero-order valence-corrected chi connectivity index (χ0v) is 17.0. The number of alkyl halides is 3. The maximum atomic E-state index is 11.9. The maximum Gasteiger partial charge on any atom is 0.411 e. The molecule has 1 fully saturated rings. The molecule has 1 aliphatic heterocycles. The van der Waals surface area contributed by atoms with E-state index < -0.39 is 12.8 Å². The molecule has 0 radical (unpaired) electrons. The first-order valence-corrected chi connectivity index (χ1v) is 8.32. The molecule has 0 aromatic carbocycles. The van der Waals surface area contributed by atoms with Crippen LogP contribution < -0.4 is 10.6 Å². The molecule has 148 valence electrons. The minimum Gasteiger partial charge on any atom is -0.372 e. The third-order valence-corrected chi connectivity index (χ3v) is 3.51. The molecule has 1 unspecified atom stereocenters. The summed E-state index contributed by atoms with van der Waals surface area (Å²) in [4.78, 5) is 17.8. The van der Waals surface area contributed by atoms with Crippen molar-refractivity contribution in [1.29, 1.82) is 0 Å². The first-order chi connectivity index (χ1) is 11.4. The standard InChI is InChI=1S/C15H27F3N4O2.HI/c1-3-13(23)22-8-6-12(10-22)21-14(19-4-2)20-7-5-9-24-11-15(16,17)18;/h12H,3-11H2,1-2H3,(H2,19,20,21);1H. The fraction of sp³-hybridized carbons (Fsp3) is 0.867. The van der Waals surface area contributed by atoms with E-state index >= 15 is 0 Å². The average Bonchev–Trinajstić information content (AvgIpc) is 2.97. The van der Waals surface area contributed by atoms with Crippen molar-refractivity contribution in [3.8, 4) is 0 Å². The number of guanidine groups is 1. The number of amides is 1. The van der Waals surface area contributed by atoms with E-state index in [0.29, 0.717) is 38.4 Å². The minimum atomic E-state index is -4.29. The van der Waals surface area contributed by atoms with Crippen LogP contribution in [-0.4, -0.2) is 68.4 Å². The highest BCUT2D eigenvalue weighted by Crippen LogP contribution is 2.14. The van der Waals surface area contributed by atoms with Crippen LogP contribution >= 0.6 is 24.0 Å². The highest BCUT2D eigenvalue weighted by atomic mass is 127. The number of aliphatic imine (C=N–C) groups is 1. The first kappa shape index (κ1) is 24.2.